The van der Waals surface area contributed by atoms with Gasteiger partial charge in [-0.2, -0.15) is 13.2 Å². The molecule has 0 spiro atoms. The Kier molecular flexibility index (Phi) is 12.2. The molecule has 9 nitrogen and oxygen atoms in total. The molecule has 1 aliphatic heterocycles. The van der Waals surface area contributed by atoms with Gasteiger partial charge in [0, 0.05) is 32.1 Å². The molecule has 2 aromatic carbocycles. The molecular weight excluding hydrogens is 561 g/mol. The van der Waals surface area contributed by atoms with Gasteiger partial charge in [-0.15, -0.1) is 0 Å². The highest BCUT2D eigenvalue weighted by molar-refractivity contribution is 7.91. The van der Waals surface area contributed by atoms with Crippen molar-refractivity contribution < 1.29 is 36.3 Å². The first-order valence-corrected chi connectivity index (χ1v) is 13.9. The maximum Gasteiger partial charge on any atom is 0.490 e. The predicted molar refractivity (Wildman–Crippen MR) is 142 cm³/mol. The maximum atomic E-state index is 12.4. The lowest BCUT2D eigenvalue weighted by atomic mass is 10.1. The molecule has 0 saturated heterocycles. The number of nitrogens with one attached hydrogen (secondary N) is 2. The highest BCUT2D eigenvalue weighted by atomic mass is 35.5. The fourth-order valence-electron chi connectivity index (χ4n) is 3.38. The van der Waals surface area contributed by atoms with Gasteiger partial charge in [-0.05, 0) is 37.1 Å². The summed E-state index contributed by atoms with van der Waals surface area (Å²) < 4.78 is 56.4. The highest BCUT2D eigenvalue weighted by Gasteiger charge is 2.38. The van der Waals surface area contributed by atoms with Crippen LogP contribution in [-0.2, 0) is 25.8 Å². The number of sulfone groups is 1. The van der Waals surface area contributed by atoms with E-state index in [2.05, 4.69) is 39.9 Å². The van der Waals surface area contributed by atoms with E-state index in [1.54, 1.807) is 30.1 Å². The van der Waals surface area contributed by atoms with Crippen molar-refractivity contribution in [1.82, 2.24) is 15.5 Å². The van der Waals surface area contributed by atoms with Crippen molar-refractivity contribution in [3.8, 4) is 0 Å². The van der Waals surface area contributed by atoms with Gasteiger partial charge in [0.05, 0.1) is 16.5 Å². The number of alkyl halides is 3. The number of carboxylic acids is 1. The second kappa shape index (κ2) is 14.8. The van der Waals surface area contributed by atoms with Crippen LogP contribution in [0.3, 0.4) is 0 Å². The number of nitrogens with zero attached hydrogens (tertiary/aromatic N) is 2. The molecule has 1 heterocycles. The Morgan fingerprint density at radius 1 is 1.15 bits per heavy atom. The van der Waals surface area contributed by atoms with Gasteiger partial charge < -0.3 is 20.6 Å². The van der Waals surface area contributed by atoms with Crippen LogP contribution in [0.2, 0.25) is 5.02 Å². The lowest BCUT2D eigenvalue weighted by molar-refractivity contribution is -0.192. The molecule has 0 aromatic heterocycles. The van der Waals surface area contributed by atoms with Crippen LogP contribution in [0.25, 0.3) is 0 Å². The van der Waals surface area contributed by atoms with Crippen LogP contribution in [-0.4, -0.2) is 81.4 Å². The van der Waals surface area contributed by atoms with Crippen LogP contribution >= 0.6 is 11.6 Å². The van der Waals surface area contributed by atoms with E-state index in [1.807, 2.05) is 0 Å². The monoisotopic (exact) mass is 590 g/mol. The van der Waals surface area contributed by atoms with Crippen molar-refractivity contribution in [3.63, 3.8) is 0 Å². The largest absolute Gasteiger partial charge is 0.490 e. The zero-order chi connectivity index (χ0) is 29.1. The summed E-state index contributed by atoms with van der Waals surface area (Å²) in [5.74, 6) is -1.98. The fourth-order valence-corrected chi connectivity index (χ4v) is 5.09. The Morgan fingerprint density at radius 2 is 1.79 bits per heavy atom. The Labute approximate surface area is 230 Å². The zero-order valence-corrected chi connectivity index (χ0v) is 22.7. The fraction of sp³-hybridized carbons (Fsp3) is 0.400. The van der Waals surface area contributed by atoms with Crippen LogP contribution in [0.4, 0.5) is 13.2 Å². The number of aliphatic imine (C=N–C) groups is 1. The number of aliphatic carboxylic acids is 1. The Bertz CT molecular complexity index is 1260. The van der Waals surface area contributed by atoms with Crippen molar-refractivity contribution in [1.29, 1.82) is 0 Å². The first kappa shape index (κ1) is 32.1. The third-order valence-corrected chi connectivity index (χ3v) is 7.57. The summed E-state index contributed by atoms with van der Waals surface area (Å²) >= 11 is 5.97. The molecule has 0 atom stereocenters. The van der Waals surface area contributed by atoms with E-state index in [0.29, 0.717) is 25.9 Å². The molecule has 0 unspecified atom stereocenters. The van der Waals surface area contributed by atoms with E-state index >= 15 is 0 Å². The third-order valence-electron chi connectivity index (χ3n) is 5.51. The van der Waals surface area contributed by atoms with E-state index in [-0.39, 0.29) is 21.7 Å². The summed E-state index contributed by atoms with van der Waals surface area (Å²) in [5, 5.41) is 13.5. The van der Waals surface area contributed by atoms with Gasteiger partial charge in [0.1, 0.15) is 11.7 Å². The lowest BCUT2D eigenvalue weighted by Gasteiger charge is -2.17. The van der Waals surface area contributed by atoms with Gasteiger partial charge in [-0.3, -0.25) is 9.79 Å². The van der Waals surface area contributed by atoms with Gasteiger partial charge in [-0.25, -0.2) is 13.2 Å². The number of hydrogen-bond acceptors (Lipinski definition) is 7. The van der Waals surface area contributed by atoms with Gasteiger partial charge in [0.2, 0.25) is 5.91 Å². The molecule has 1 aliphatic rings. The van der Waals surface area contributed by atoms with E-state index in [1.165, 1.54) is 11.6 Å². The summed E-state index contributed by atoms with van der Waals surface area (Å²) in [4.78, 5) is 27.5. The minimum Gasteiger partial charge on any atom is -0.475 e. The number of rotatable bonds is 11. The van der Waals surface area contributed by atoms with Gasteiger partial charge >= 0.3 is 12.1 Å². The molecule has 1 amide bonds. The maximum absolute atomic E-state index is 12.4. The van der Waals surface area contributed by atoms with E-state index in [0.717, 1.165) is 30.9 Å². The molecule has 214 valence electrons. The van der Waals surface area contributed by atoms with Gasteiger partial charge in [0.15, 0.2) is 9.84 Å². The lowest BCUT2D eigenvalue weighted by Crippen LogP contribution is -2.30. The minimum absolute atomic E-state index is 0.0434. The quantitative estimate of drug-likeness (QED) is 0.343. The minimum atomic E-state index is -5.08. The van der Waals surface area contributed by atoms with Gasteiger partial charge in [0.25, 0.3) is 0 Å². The molecule has 3 rings (SSSR count). The van der Waals surface area contributed by atoms with E-state index in [9.17, 15) is 26.4 Å². The average molecular weight is 591 g/mol. The van der Waals surface area contributed by atoms with Gasteiger partial charge in [-0.1, -0.05) is 48.0 Å². The smallest absolute Gasteiger partial charge is 0.475 e. The predicted octanol–water partition coefficient (Wildman–Crippen LogP) is 3.13. The zero-order valence-electron chi connectivity index (χ0n) is 21.2. The van der Waals surface area contributed by atoms with Crippen LogP contribution < -0.4 is 10.6 Å². The van der Waals surface area contributed by atoms with Crippen LogP contribution in [0.15, 0.2) is 58.4 Å². The molecule has 0 aliphatic carbocycles. The Morgan fingerprint density at radius 3 is 2.36 bits per heavy atom. The summed E-state index contributed by atoms with van der Waals surface area (Å²) in [6, 6.07) is 14.6. The number of amides is 1. The molecule has 0 saturated carbocycles. The number of benzene rings is 2. The Balaban J connectivity index is 0.000000673. The highest BCUT2D eigenvalue weighted by Crippen LogP contribution is 2.21. The number of amidine groups is 1. The molecule has 0 bridgehead atoms. The number of halogens is 4. The second-order valence-corrected chi connectivity index (χ2v) is 10.9. The summed E-state index contributed by atoms with van der Waals surface area (Å²) in [5.41, 5.74) is 2.25. The summed E-state index contributed by atoms with van der Waals surface area (Å²) in [6.07, 6.45) is -3.39. The second-order valence-electron chi connectivity index (χ2n) is 8.52. The molecular formula is C25H30ClF3N4O5S. The third kappa shape index (κ3) is 10.9. The first-order chi connectivity index (χ1) is 18.3. The molecule has 0 fully saturated rings. The number of carboxylic acid groups (broad SMARTS) is 1. The summed E-state index contributed by atoms with van der Waals surface area (Å²) in [6.45, 7) is 2.77. The molecule has 14 heteroatoms. The van der Waals surface area contributed by atoms with Crippen molar-refractivity contribution in [3.05, 3.63) is 64.7 Å². The first-order valence-electron chi connectivity index (χ1n) is 11.9. The van der Waals surface area contributed by atoms with Crippen LogP contribution in [0.5, 0.6) is 0 Å². The molecule has 3 N–H and O–H groups in total. The Hall–Kier alpha value is -3.16. The van der Waals surface area contributed by atoms with Crippen molar-refractivity contribution in [2.75, 3.05) is 39.1 Å². The van der Waals surface area contributed by atoms with E-state index in [4.69, 9.17) is 21.5 Å². The normalized spacial score (nSPS) is 13.1. The van der Waals surface area contributed by atoms with Crippen molar-refractivity contribution in [2.24, 2.45) is 4.99 Å². The summed E-state index contributed by atoms with van der Waals surface area (Å²) in [7, 11) is -1.71. The number of hydrogen-bond donors (Lipinski definition) is 3. The van der Waals surface area contributed by atoms with Crippen LogP contribution in [0.1, 0.15) is 24.0 Å². The number of carbonyl (C=O) groups is 2. The van der Waals surface area contributed by atoms with Crippen molar-refractivity contribution in [2.45, 2.75) is 30.3 Å². The van der Waals surface area contributed by atoms with Crippen molar-refractivity contribution >= 4 is 39.2 Å². The molecule has 2 aromatic rings. The standard InChI is InChI=1S/C23H29ClN4O3S.C2HF3O2/c1-28(16-12-18-8-10-19(11-9-18)23-26-14-15-27-23)22(29)7-4-13-25-17-32(30,31)21-6-3-2-5-20(21)24;3-2(4,5)1(6)7/h2-3,5-6,8-11,25H,4,7,12-17H2,1H3,(H,26,27);(H,6,7). The van der Waals surface area contributed by atoms with E-state index < -0.39 is 22.0 Å². The SMILES string of the molecule is CN(CCc1ccc(C2=NCCN2)cc1)C(=O)CCCNCS(=O)(=O)c1ccccc1Cl.O=C(O)C(F)(F)F. The average Bonchev–Trinajstić information content (AvgIpc) is 3.42. The topological polar surface area (TPSA) is 128 Å². The number of likely N-dealkylation sites (N-methyl/N-ethyl adjacent to an activating group) is 1. The van der Waals surface area contributed by atoms with Crippen LogP contribution in [0, 0.1) is 0 Å². The number of carbonyl (C=O) groups excluding carboxylic acids is 1. The molecule has 39 heavy (non-hydrogen) atoms. The molecule has 0 radical (unpaired) electrons.